The Morgan fingerprint density at radius 3 is 3.06 bits per heavy atom. The number of nitrogens with two attached hydrogens (primary N) is 1. The SMILES string of the molecule is NC1CCCC1C(=O)NCCCn1ccnc1. The van der Waals surface area contributed by atoms with Crippen LogP contribution in [0.1, 0.15) is 25.7 Å². The molecule has 0 radical (unpaired) electrons. The van der Waals surface area contributed by atoms with Crippen molar-refractivity contribution >= 4 is 5.91 Å². The molecule has 5 nitrogen and oxygen atoms in total. The highest BCUT2D eigenvalue weighted by atomic mass is 16.1. The van der Waals surface area contributed by atoms with E-state index in [1.807, 2.05) is 10.8 Å². The number of carbonyl (C=O) groups is 1. The molecule has 1 aliphatic carbocycles. The molecule has 0 aromatic carbocycles. The highest BCUT2D eigenvalue weighted by Gasteiger charge is 2.29. The fraction of sp³-hybridized carbons (Fsp3) is 0.667. The molecular formula is C12H20N4O. The Bertz CT molecular complexity index is 349. The predicted molar refractivity (Wildman–Crippen MR) is 65.2 cm³/mol. The minimum atomic E-state index is 0.0308. The van der Waals surface area contributed by atoms with Crippen molar-refractivity contribution in [2.75, 3.05) is 6.54 Å². The molecule has 2 unspecified atom stereocenters. The molecule has 0 aliphatic heterocycles. The van der Waals surface area contributed by atoms with E-state index in [2.05, 4.69) is 10.3 Å². The zero-order valence-corrected chi connectivity index (χ0v) is 10.0. The normalized spacial score (nSPS) is 23.8. The highest BCUT2D eigenvalue weighted by molar-refractivity contribution is 5.79. The monoisotopic (exact) mass is 236 g/mol. The molecule has 1 saturated carbocycles. The molecular weight excluding hydrogens is 216 g/mol. The van der Waals surface area contributed by atoms with E-state index in [1.165, 1.54) is 0 Å². The first-order chi connectivity index (χ1) is 8.27. The highest BCUT2D eigenvalue weighted by Crippen LogP contribution is 2.23. The zero-order chi connectivity index (χ0) is 12.1. The van der Waals surface area contributed by atoms with Gasteiger partial charge in [0.2, 0.25) is 5.91 Å². The summed E-state index contributed by atoms with van der Waals surface area (Å²) in [6, 6.07) is 0.0589. The molecule has 0 saturated heterocycles. The van der Waals surface area contributed by atoms with Crippen LogP contribution in [-0.2, 0) is 11.3 Å². The molecule has 2 rings (SSSR count). The Kier molecular flexibility index (Phi) is 4.14. The van der Waals surface area contributed by atoms with Crippen LogP contribution in [-0.4, -0.2) is 28.0 Å². The van der Waals surface area contributed by atoms with Crippen LogP contribution in [0, 0.1) is 5.92 Å². The van der Waals surface area contributed by atoms with Crippen molar-refractivity contribution in [2.45, 2.75) is 38.3 Å². The third-order valence-electron chi connectivity index (χ3n) is 3.36. The van der Waals surface area contributed by atoms with Crippen molar-refractivity contribution in [3.05, 3.63) is 18.7 Å². The van der Waals surface area contributed by atoms with Gasteiger partial charge in [-0.2, -0.15) is 0 Å². The van der Waals surface area contributed by atoms with Gasteiger partial charge in [-0.15, -0.1) is 0 Å². The quantitative estimate of drug-likeness (QED) is 0.732. The number of amides is 1. The molecule has 1 amide bonds. The average molecular weight is 236 g/mol. The zero-order valence-electron chi connectivity index (χ0n) is 10.0. The number of nitrogens with one attached hydrogen (secondary N) is 1. The van der Waals surface area contributed by atoms with Gasteiger partial charge in [0, 0.05) is 31.5 Å². The van der Waals surface area contributed by atoms with Crippen molar-refractivity contribution in [1.29, 1.82) is 0 Å². The van der Waals surface area contributed by atoms with Crippen molar-refractivity contribution in [1.82, 2.24) is 14.9 Å². The van der Waals surface area contributed by atoms with E-state index in [0.717, 1.165) is 32.2 Å². The molecule has 3 N–H and O–H groups in total. The summed E-state index contributed by atoms with van der Waals surface area (Å²) in [7, 11) is 0. The van der Waals surface area contributed by atoms with Crippen molar-refractivity contribution in [2.24, 2.45) is 11.7 Å². The standard InChI is InChI=1S/C12H20N4O/c13-11-4-1-3-10(11)12(17)15-5-2-7-16-8-6-14-9-16/h6,8-11H,1-5,7,13H2,(H,15,17). The number of nitrogens with zero attached hydrogens (tertiary/aromatic N) is 2. The van der Waals surface area contributed by atoms with E-state index in [0.29, 0.717) is 6.54 Å². The Balaban J connectivity index is 1.63. The second-order valence-corrected chi connectivity index (χ2v) is 4.65. The summed E-state index contributed by atoms with van der Waals surface area (Å²) in [6.07, 6.45) is 9.39. The molecule has 0 spiro atoms. The lowest BCUT2D eigenvalue weighted by Crippen LogP contribution is -2.39. The van der Waals surface area contributed by atoms with Crippen LogP contribution in [0.5, 0.6) is 0 Å². The fourth-order valence-electron chi connectivity index (χ4n) is 2.34. The third kappa shape index (κ3) is 3.30. The number of rotatable bonds is 5. The van der Waals surface area contributed by atoms with Crippen LogP contribution >= 0.6 is 0 Å². The van der Waals surface area contributed by atoms with Gasteiger partial charge in [0.25, 0.3) is 0 Å². The van der Waals surface area contributed by atoms with Gasteiger partial charge in [0.05, 0.1) is 12.2 Å². The molecule has 1 fully saturated rings. The summed E-state index contributed by atoms with van der Waals surface area (Å²) in [5, 5.41) is 2.96. The predicted octanol–water partition coefficient (Wildman–Crippen LogP) is 0.517. The average Bonchev–Trinajstić information content (AvgIpc) is 2.95. The second-order valence-electron chi connectivity index (χ2n) is 4.65. The first-order valence-corrected chi connectivity index (χ1v) is 6.26. The summed E-state index contributed by atoms with van der Waals surface area (Å²) < 4.78 is 2.01. The number of imidazole rings is 1. The van der Waals surface area contributed by atoms with E-state index >= 15 is 0 Å². The smallest absolute Gasteiger partial charge is 0.224 e. The third-order valence-corrected chi connectivity index (χ3v) is 3.36. The number of hydrogen-bond donors (Lipinski definition) is 2. The summed E-state index contributed by atoms with van der Waals surface area (Å²) in [4.78, 5) is 15.8. The minimum absolute atomic E-state index is 0.0308. The fourth-order valence-corrected chi connectivity index (χ4v) is 2.34. The van der Waals surface area contributed by atoms with Gasteiger partial charge in [-0.25, -0.2) is 4.98 Å². The van der Waals surface area contributed by atoms with E-state index in [4.69, 9.17) is 5.73 Å². The van der Waals surface area contributed by atoms with Crippen LogP contribution in [0.3, 0.4) is 0 Å². The van der Waals surface area contributed by atoms with Gasteiger partial charge in [-0.05, 0) is 19.3 Å². The van der Waals surface area contributed by atoms with Crippen LogP contribution in [0.25, 0.3) is 0 Å². The number of hydrogen-bond acceptors (Lipinski definition) is 3. The summed E-state index contributed by atoms with van der Waals surface area (Å²) in [5.41, 5.74) is 5.89. The Labute approximate surface area is 101 Å². The van der Waals surface area contributed by atoms with Crippen molar-refractivity contribution in [3.63, 3.8) is 0 Å². The van der Waals surface area contributed by atoms with Gasteiger partial charge in [0.1, 0.15) is 0 Å². The maximum Gasteiger partial charge on any atom is 0.224 e. The van der Waals surface area contributed by atoms with E-state index in [9.17, 15) is 4.79 Å². The molecule has 1 aromatic rings. The number of aryl methyl sites for hydroxylation is 1. The van der Waals surface area contributed by atoms with Crippen molar-refractivity contribution in [3.8, 4) is 0 Å². The van der Waals surface area contributed by atoms with Crippen LogP contribution in [0.15, 0.2) is 18.7 Å². The number of carbonyl (C=O) groups excluding carboxylic acids is 1. The van der Waals surface area contributed by atoms with Gasteiger partial charge in [-0.1, -0.05) is 6.42 Å². The maximum atomic E-state index is 11.8. The Hall–Kier alpha value is -1.36. The Morgan fingerprint density at radius 2 is 2.41 bits per heavy atom. The van der Waals surface area contributed by atoms with E-state index < -0.39 is 0 Å². The van der Waals surface area contributed by atoms with E-state index in [-0.39, 0.29) is 17.9 Å². The molecule has 17 heavy (non-hydrogen) atoms. The number of aromatic nitrogens is 2. The van der Waals surface area contributed by atoms with Crippen molar-refractivity contribution < 1.29 is 4.79 Å². The van der Waals surface area contributed by atoms with Gasteiger partial charge < -0.3 is 15.6 Å². The van der Waals surface area contributed by atoms with Crippen LogP contribution in [0.4, 0.5) is 0 Å². The molecule has 5 heteroatoms. The molecule has 1 aromatic heterocycles. The lowest BCUT2D eigenvalue weighted by atomic mass is 10.0. The Morgan fingerprint density at radius 1 is 1.53 bits per heavy atom. The largest absolute Gasteiger partial charge is 0.356 e. The molecule has 2 atom stereocenters. The summed E-state index contributed by atoms with van der Waals surface area (Å²) in [6.45, 7) is 1.59. The first-order valence-electron chi connectivity index (χ1n) is 6.26. The molecule has 1 aliphatic rings. The van der Waals surface area contributed by atoms with Gasteiger partial charge in [0.15, 0.2) is 0 Å². The lowest BCUT2D eigenvalue weighted by Gasteiger charge is -2.15. The van der Waals surface area contributed by atoms with Gasteiger partial charge in [-0.3, -0.25) is 4.79 Å². The minimum Gasteiger partial charge on any atom is -0.356 e. The van der Waals surface area contributed by atoms with Crippen LogP contribution in [0.2, 0.25) is 0 Å². The first kappa shape index (κ1) is 12.1. The second kappa shape index (κ2) is 5.82. The van der Waals surface area contributed by atoms with Crippen LogP contribution < -0.4 is 11.1 Å². The maximum absolute atomic E-state index is 11.8. The summed E-state index contributed by atoms with van der Waals surface area (Å²) in [5.74, 6) is 0.156. The van der Waals surface area contributed by atoms with E-state index in [1.54, 1.807) is 12.5 Å². The lowest BCUT2D eigenvalue weighted by molar-refractivity contribution is -0.125. The molecule has 94 valence electrons. The topological polar surface area (TPSA) is 72.9 Å². The van der Waals surface area contributed by atoms with Gasteiger partial charge >= 0.3 is 0 Å². The molecule has 0 bridgehead atoms. The summed E-state index contributed by atoms with van der Waals surface area (Å²) >= 11 is 0. The molecule has 1 heterocycles.